The summed E-state index contributed by atoms with van der Waals surface area (Å²) in [6.45, 7) is 4.30. The number of ether oxygens (including phenoxy) is 1. The molecule has 0 bridgehead atoms. The summed E-state index contributed by atoms with van der Waals surface area (Å²) in [5.41, 5.74) is 4.15. The molecule has 184 valence electrons. The van der Waals surface area contributed by atoms with Gasteiger partial charge in [0.2, 0.25) is 5.91 Å². The Kier molecular flexibility index (Phi) is 7.24. The van der Waals surface area contributed by atoms with E-state index >= 15 is 0 Å². The molecular weight excluding hydrogens is 444 g/mol. The third kappa shape index (κ3) is 5.91. The highest BCUT2D eigenvalue weighted by Crippen LogP contribution is 2.44. The number of hydrogen-bond donors (Lipinski definition) is 3. The first kappa shape index (κ1) is 24.5. The Labute approximate surface area is 205 Å². The SMILES string of the molecule is CC(C)(CNC(=O)OCC1c2ccccc2-c2ccccc21)CC(=O)N[C@H]1C=CC[C@H](C(=O)O)C1. The van der Waals surface area contributed by atoms with E-state index in [4.69, 9.17) is 4.74 Å². The standard InChI is InChI=1S/C28H32N2O5/c1-28(2,15-25(31)30-19-9-7-8-18(14-19)26(32)33)17-29-27(34)35-16-24-22-12-5-3-10-20(22)21-11-4-6-13-23(21)24/h3-7,9-13,18-19,24H,8,14-17H2,1-2H3,(H,29,34)(H,30,31)(H,32,33)/t18-,19-/m0/s1. The summed E-state index contributed by atoms with van der Waals surface area (Å²) in [4.78, 5) is 36.2. The van der Waals surface area contributed by atoms with Gasteiger partial charge in [0, 0.05) is 24.9 Å². The minimum atomic E-state index is -0.846. The average Bonchev–Trinajstić information content (AvgIpc) is 3.15. The Morgan fingerprint density at radius 1 is 1.03 bits per heavy atom. The molecule has 2 amide bonds. The minimum Gasteiger partial charge on any atom is -0.481 e. The molecule has 35 heavy (non-hydrogen) atoms. The quantitative estimate of drug-likeness (QED) is 0.488. The molecule has 2 aliphatic carbocycles. The first-order chi connectivity index (χ1) is 16.7. The highest BCUT2D eigenvalue weighted by Gasteiger charge is 2.30. The van der Waals surface area contributed by atoms with Gasteiger partial charge in [-0.3, -0.25) is 9.59 Å². The molecule has 0 heterocycles. The second-order valence-corrected chi connectivity index (χ2v) is 10.1. The van der Waals surface area contributed by atoms with Gasteiger partial charge in [-0.25, -0.2) is 4.79 Å². The second-order valence-electron chi connectivity index (χ2n) is 10.1. The van der Waals surface area contributed by atoms with Gasteiger partial charge in [-0.05, 0) is 40.5 Å². The van der Waals surface area contributed by atoms with Crippen LogP contribution in [0.2, 0.25) is 0 Å². The van der Waals surface area contributed by atoms with Crippen molar-refractivity contribution >= 4 is 18.0 Å². The molecule has 2 aromatic rings. The fraction of sp³-hybridized carbons (Fsp3) is 0.393. The van der Waals surface area contributed by atoms with Crippen LogP contribution in [0, 0.1) is 11.3 Å². The number of carbonyl (C=O) groups is 3. The van der Waals surface area contributed by atoms with Gasteiger partial charge in [0.25, 0.3) is 0 Å². The van der Waals surface area contributed by atoms with E-state index in [1.807, 2.05) is 44.2 Å². The molecule has 3 N–H and O–H groups in total. The zero-order valence-corrected chi connectivity index (χ0v) is 20.1. The van der Waals surface area contributed by atoms with Crippen molar-refractivity contribution in [3.63, 3.8) is 0 Å². The van der Waals surface area contributed by atoms with Crippen LogP contribution < -0.4 is 10.6 Å². The second kappa shape index (κ2) is 10.3. The predicted octanol–water partition coefficient (Wildman–Crippen LogP) is 4.48. The van der Waals surface area contributed by atoms with Crippen LogP contribution in [-0.4, -0.2) is 42.3 Å². The van der Waals surface area contributed by atoms with Gasteiger partial charge in [0.05, 0.1) is 5.92 Å². The van der Waals surface area contributed by atoms with Gasteiger partial charge >= 0.3 is 12.1 Å². The summed E-state index contributed by atoms with van der Waals surface area (Å²) in [5, 5.41) is 14.9. The molecule has 0 fully saturated rings. The number of rotatable bonds is 8. The lowest BCUT2D eigenvalue weighted by Crippen LogP contribution is -2.42. The van der Waals surface area contributed by atoms with Crippen molar-refractivity contribution in [2.45, 2.75) is 45.1 Å². The van der Waals surface area contributed by atoms with E-state index in [1.165, 1.54) is 11.1 Å². The number of fused-ring (bicyclic) bond motifs is 3. The number of nitrogens with one attached hydrogen (secondary N) is 2. The lowest BCUT2D eigenvalue weighted by Gasteiger charge is -2.27. The van der Waals surface area contributed by atoms with E-state index in [1.54, 1.807) is 6.08 Å². The number of carbonyl (C=O) groups excluding carboxylic acids is 2. The van der Waals surface area contributed by atoms with Crippen LogP contribution in [0.1, 0.15) is 50.2 Å². The Morgan fingerprint density at radius 2 is 1.66 bits per heavy atom. The summed E-state index contributed by atoms with van der Waals surface area (Å²) >= 11 is 0. The van der Waals surface area contributed by atoms with Crippen molar-refractivity contribution in [3.05, 3.63) is 71.8 Å². The molecule has 0 radical (unpaired) electrons. The average molecular weight is 477 g/mol. The zero-order valence-electron chi connectivity index (χ0n) is 20.1. The first-order valence-electron chi connectivity index (χ1n) is 12.0. The number of carboxylic acid groups (broad SMARTS) is 1. The molecule has 7 nitrogen and oxygen atoms in total. The number of alkyl carbamates (subject to hydrolysis) is 1. The fourth-order valence-electron chi connectivity index (χ4n) is 4.91. The molecule has 2 atom stereocenters. The largest absolute Gasteiger partial charge is 0.481 e. The number of amides is 2. The maximum absolute atomic E-state index is 12.5. The van der Waals surface area contributed by atoms with E-state index in [0.717, 1.165) is 11.1 Å². The van der Waals surface area contributed by atoms with Crippen molar-refractivity contribution in [3.8, 4) is 11.1 Å². The van der Waals surface area contributed by atoms with Gasteiger partial charge in [-0.1, -0.05) is 74.5 Å². The molecule has 4 rings (SSSR count). The summed E-state index contributed by atoms with van der Waals surface area (Å²) in [6.07, 6.45) is 4.20. The lowest BCUT2D eigenvalue weighted by molar-refractivity contribution is -0.142. The lowest BCUT2D eigenvalue weighted by atomic mass is 9.87. The predicted molar refractivity (Wildman–Crippen MR) is 133 cm³/mol. The van der Waals surface area contributed by atoms with Gasteiger partial charge in [0.15, 0.2) is 0 Å². The molecule has 0 unspecified atom stereocenters. The van der Waals surface area contributed by atoms with Gasteiger partial charge in [-0.15, -0.1) is 0 Å². The summed E-state index contributed by atoms with van der Waals surface area (Å²) < 4.78 is 5.58. The number of benzene rings is 2. The maximum Gasteiger partial charge on any atom is 0.407 e. The van der Waals surface area contributed by atoms with Crippen molar-refractivity contribution in [1.29, 1.82) is 0 Å². The molecule has 0 saturated heterocycles. The Bertz CT molecular complexity index is 1090. The molecule has 0 aliphatic heterocycles. The molecule has 0 saturated carbocycles. The van der Waals surface area contributed by atoms with E-state index in [0.29, 0.717) is 12.8 Å². The molecule has 0 aromatic heterocycles. The molecule has 0 spiro atoms. The Hall–Kier alpha value is -3.61. The smallest absolute Gasteiger partial charge is 0.407 e. The zero-order chi connectivity index (χ0) is 25.0. The summed E-state index contributed by atoms with van der Waals surface area (Å²) in [7, 11) is 0. The van der Waals surface area contributed by atoms with Gasteiger partial charge < -0.3 is 20.5 Å². The number of carboxylic acids is 1. The van der Waals surface area contributed by atoms with Crippen LogP contribution in [0.5, 0.6) is 0 Å². The number of aliphatic carboxylic acids is 1. The first-order valence-corrected chi connectivity index (χ1v) is 12.0. The number of allylic oxidation sites excluding steroid dienone is 1. The van der Waals surface area contributed by atoms with Crippen LogP contribution in [-0.2, 0) is 14.3 Å². The van der Waals surface area contributed by atoms with Crippen molar-refractivity contribution in [1.82, 2.24) is 10.6 Å². The van der Waals surface area contributed by atoms with E-state index < -0.39 is 23.4 Å². The Balaban J connectivity index is 1.25. The van der Waals surface area contributed by atoms with Crippen LogP contribution in [0.4, 0.5) is 4.79 Å². The Morgan fingerprint density at radius 3 is 2.29 bits per heavy atom. The van der Waals surface area contributed by atoms with Crippen LogP contribution >= 0.6 is 0 Å². The third-order valence-corrected chi connectivity index (χ3v) is 6.72. The van der Waals surface area contributed by atoms with Crippen LogP contribution in [0.15, 0.2) is 60.7 Å². The van der Waals surface area contributed by atoms with E-state index in [2.05, 4.69) is 34.9 Å². The molecule has 2 aromatic carbocycles. The fourth-order valence-corrected chi connectivity index (χ4v) is 4.91. The normalized spacial score (nSPS) is 18.9. The molecular formula is C28H32N2O5. The topological polar surface area (TPSA) is 105 Å². The highest BCUT2D eigenvalue weighted by molar-refractivity contribution is 5.79. The van der Waals surface area contributed by atoms with Crippen molar-refractivity contribution in [2.75, 3.05) is 13.2 Å². The van der Waals surface area contributed by atoms with Gasteiger partial charge in [0.1, 0.15) is 6.61 Å². The monoisotopic (exact) mass is 476 g/mol. The van der Waals surface area contributed by atoms with E-state index in [9.17, 15) is 19.5 Å². The van der Waals surface area contributed by atoms with Crippen LogP contribution in [0.3, 0.4) is 0 Å². The van der Waals surface area contributed by atoms with E-state index in [-0.39, 0.29) is 37.4 Å². The number of hydrogen-bond acceptors (Lipinski definition) is 4. The van der Waals surface area contributed by atoms with Crippen LogP contribution in [0.25, 0.3) is 11.1 Å². The third-order valence-electron chi connectivity index (χ3n) is 6.72. The summed E-state index contributed by atoms with van der Waals surface area (Å²) in [5.74, 6) is -1.51. The summed E-state index contributed by atoms with van der Waals surface area (Å²) in [6, 6.07) is 16.1. The highest BCUT2D eigenvalue weighted by atomic mass is 16.5. The van der Waals surface area contributed by atoms with Crippen molar-refractivity contribution < 1.29 is 24.2 Å². The molecule has 2 aliphatic rings. The minimum absolute atomic E-state index is 0.00915. The van der Waals surface area contributed by atoms with Crippen molar-refractivity contribution in [2.24, 2.45) is 11.3 Å². The maximum atomic E-state index is 12.5. The van der Waals surface area contributed by atoms with Gasteiger partial charge in [-0.2, -0.15) is 0 Å². The molecule has 7 heteroatoms.